The number of aliphatic carboxylic acids is 1. The molecule has 0 aliphatic carbocycles. The molecule has 1 N–H and O–H groups in total. The normalized spacial score (nSPS) is 10.8. The smallest absolute Gasteiger partial charge is 0.328 e. The summed E-state index contributed by atoms with van der Waals surface area (Å²) in [5.74, 6) is -0.907. The van der Waals surface area contributed by atoms with Crippen LogP contribution in [0.3, 0.4) is 0 Å². The summed E-state index contributed by atoms with van der Waals surface area (Å²) < 4.78 is 0. The number of carboxylic acid groups (broad SMARTS) is 1. The minimum Gasteiger partial charge on any atom is -0.478 e. The monoisotopic (exact) mass is 233 g/mol. The molecule has 1 rings (SSSR count). The van der Waals surface area contributed by atoms with Crippen LogP contribution in [0.4, 0.5) is 5.69 Å². The van der Waals surface area contributed by atoms with Crippen LogP contribution in [0, 0.1) is 20.8 Å². The van der Waals surface area contributed by atoms with Crippen LogP contribution in [-0.2, 0) is 4.79 Å². The molecular formula is C14H19NO2. The minimum absolute atomic E-state index is 0.594. The van der Waals surface area contributed by atoms with E-state index in [-0.39, 0.29) is 0 Å². The fourth-order valence-electron chi connectivity index (χ4n) is 2.18. The molecule has 0 spiro atoms. The molecule has 0 atom stereocenters. The van der Waals surface area contributed by atoms with Crippen molar-refractivity contribution in [1.82, 2.24) is 0 Å². The molecule has 0 heterocycles. The number of benzene rings is 1. The molecule has 0 saturated carbocycles. The highest BCUT2D eigenvalue weighted by molar-refractivity contribution is 5.79. The van der Waals surface area contributed by atoms with Crippen molar-refractivity contribution in [1.29, 1.82) is 0 Å². The SMILES string of the molecule is Cc1cc(C)c(N(C)C/C=C/C(=O)O)c(C)c1. The van der Waals surface area contributed by atoms with Crippen molar-refractivity contribution >= 4 is 11.7 Å². The topological polar surface area (TPSA) is 40.5 Å². The standard InChI is InChI=1S/C14H19NO2/c1-10-8-11(2)14(12(3)9-10)15(4)7-5-6-13(16)17/h5-6,8-9H,7H2,1-4H3,(H,16,17)/b6-5+. The number of likely N-dealkylation sites (N-methyl/N-ethyl adjacent to an activating group) is 1. The molecule has 0 aromatic heterocycles. The molecule has 3 nitrogen and oxygen atoms in total. The Balaban J connectivity index is 2.89. The molecule has 0 radical (unpaired) electrons. The van der Waals surface area contributed by atoms with Gasteiger partial charge in [0.15, 0.2) is 0 Å². The van der Waals surface area contributed by atoms with Gasteiger partial charge in [-0.1, -0.05) is 23.8 Å². The second kappa shape index (κ2) is 5.53. The molecule has 0 aliphatic rings. The Bertz CT molecular complexity index is 427. The van der Waals surface area contributed by atoms with Gasteiger partial charge in [-0.15, -0.1) is 0 Å². The summed E-state index contributed by atoms with van der Waals surface area (Å²) in [6, 6.07) is 4.28. The highest BCUT2D eigenvalue weighted by Gasteiger charge is 2.07. The number of hydrogen-bond acceptors (Lipinski definition) is 2. The van der Waals surface area contributed by atoms with E-state index in [4.69, 9.17) is 5.11 Å². The van der Waals surface area contributed by atoms with Crippen LogP contribution in [0.15, 0.2) is 24.3 Å². The molecule has 92 valence electrons. The Morgan fingerprint density at radius 3 is 2.29 bits per heavy atom. The molecule has 17 heavy (non-hydrogen) atoms. The molecule has 0 unspecified atom stereocenters. The van der Waals surface area contributed by atoms with Crippen molar-refractivity contribution in [2.75, 3.05) is 18.5 Å². The Morgan fingerprint density at radius 1 is 1.29 bits per heavy atom. The van der Waals surface area contributed by atoms with Gasteiger partial charge in [0.05, 0.1) is 0 Å². The first kappa shape index (κ1) is 13.3. The highest BCUT2D eigenvalue weighted by atomic mass is 16.4. The number of aryl methyl sites for hydroxylation is 3. The summed E-state index contributed by atoms with van der Waals surface area (Å²) in [6.45, 7) is 6.82. The maximum atomic E-state index is 10.4. The van der Waals surface area contributed by atoms with E-state index in [2.05, 4.69) is 37.8 Å². The third-order valence-corrected chi connectivity index (χ3v) is 2.66. The van der Waals surface area contributed by atoms with Crippen molar-refractivity contribution in [2.45, 2.75) is 20.8 Å². The third kappa shape index (κ3) is 3.63. The Morgan fingerprint density at radius 2 is 1.82 bits per heavy atom. The van der Waals surface area contributed by atoms with Gasteiger partial charge >= 0.3 is 5.97 Å². The van der Waals surface area contributed by atoms with E-state index in [1.165, 1.54) is 28.5 Å². The van der Waals surface area contributed by atoms with Crippen molar-refractivity contribution in [3.05, 3.63) is 41.0 Å². The molecular weight excluding hydrogens is 214 g/mol. The van der Waals surface area contributed by atoms with Crippen LogP contribution >= 0.6 is 0 Å². The van der Waals surface area contributed by atoms with E-state index in [1.807, 2.05) is 7.05 Å². The maximum absolute atomic E-state index is 10.4. The Hall–Kier alpha value is -1.77. The van der Waals surface area contributed by atoms with Gasteiger partial charge in [0.1, 0.15) is 0 Å². The van der Waals surface area contributed by atoms with E-state index in [0.717, 1.165) is 0 Å². The lowest BCUT2D eigenvalue weighted by molar-refractivity contribution is -0.131. The summed E-state index contributed by atoms with van der Waals surface area (Å²) in [5, 5.41) is 8.54. The molecule has 0 bridgehead atoms. The number of anilines is 1. The van der Waals surface area contributed by atoms with E-state index in [9.17, 15) is 4.79 Å². The molecule has 0 amide bonds. The van der Waals surface area contributed by atoms with Gasteiger partial charge in [0.2, 0.25) is 0 Å². The van der Waals surface area contributed by atoms with Crippen LogP contribution in [0.5, 0.6) is 0 Å². The number of carboxylic acids is 1. The fourth-order valence-corrected chi connectivity index (χ4v) is 2.18. The fraction of sp³-hybridized carbons (Fsp3) is 0.357. The average Bonchev–Trinajstić information content (AvgIpc) is 2.14. The average molecular weight is 233 g/mol. The number of carbonyl (C=O) groups is 1. The lowest BCUT2D eigenvalue weighted by Crippen LogP contribution is -2.19. The van der Waals surface area contributed by atoms with Gasteiger partial charge in [-0.25, -0.2) is 4.79 Å². The second-order valence-electron chi connectivity index (χ2n) is 4.37. The summed E-state index contributed by atoms with van der Waals surface area (Å²) in [6.07, 6.45) is 2.83. The molecule has 0 saturated heterocycles. The first-order chi connectivity index (χ1) is 7.91. The number of hydrogen-bond donors (Lipinski definition) is 1. The van der Waals surface area contributed by atoms with Gasteiger partial charge in [-0.2, -0.15) is 0 Å². The first-order valence-electron chi connectivity index (χ1n) is 5.60. The lowest BCUT2D eigenvalue weighted by atomic mass is 10.0. The van der Waals surface area contributed by atoms with Crippen molar-refractivity contribution in [3.63, 3.8) is 0 Å². The quantitative estimate of drug-likeness (QED) is 0.813. The van der Waals surface area contributed by atoms with Crippen LogP contribution in [0.1, 0.15) is 16.7 Å². The Labute approximate surface area is 102 Å². The Kier molecular flexibility index (Phi) is 4.32. The zero-order chi connectivity index (χ0) is 13.0. The largest absolute Gasteiger partial charge is 0.478 e. The summed E-state index contributed by atoms with van der Waals surface area (Å²) in [4.78, 5) is 12.4. The summed E-state index contributed by atoms with van der Waals surface area (Å²) in [7, 11) is 1.97. The van der Waals surface area contributed by atoms with Gasteiger partial charge in [0, 0.05) is 25.4 Å². The minimum atomic E-state index is -0.907. The summed E-state index contributed by atoms with van der Waals surface area (Å²) in [5.41, 5.74) is 4.85. The van der Waals surface area contributed by atoms with E-state index in [1.54, 1.807) is 6.08 Å². The lowest BCUT2D eigenvalue weighted by Gasteiger charge is -2.22. The molecule has 3 heteroatoms. The molecule has 0 fully saturated rings. The predicted octanol–water partition coefficient (Wildman–Crippen LogP) is 2.69. The predicted molar refractivity (Wildman–Crippen MR) is 70.7 cm³/mol. The molecule has 0 aliphatic heterocycles. The van der Waals surface area contributed by atoms with Crippen molar-refractivity contribution in [2.24, 2.45) is 0 Å². The number of rotatable bonds is 4. The molecule has 1 aromatic carbocycles. The van der Waals surface area contributed by atoms with Gasteiger partial charge in [-0.3, -0.25) is 0 Å². The zero-order valence-corrected chi connectivity index (χ0v) is 10.8. The zero-order valence-electron chi connectivity index (χ0n) is 10.8. The second-order valence-corrected chi connectivity index (χ2v) is 4.37. The van der Waals surface area contributed by atoms with Gasteiger partial charge < -0.3 is 10.0 Å². The highest BCUT2D eigenvalue weighted by Crippen LogP contribution is 2.25. The third-order valence-electron chi connectivity index (χ3n) is 2.66. The van der Waals surface area contributed by atoms with Gasteiger partial charge in [-0.05, 0) is 31.9 Å². The van der Waals surface area contributed by atoms with Crippen LogP contribution in [0.25, 0.3) is 0 Å². The number of nitrogens with zero attached hydrogens (tertiary/aromatic N) is 1. The first-order valence-corrected chi connectivity index (χ1v) is 5.60. The van der Waals surface area contributed by atoms with E-state index < -0.39 is 5.97 Å². The van der Waals surface area contributed by atoms with E-state index >= 15 is 0 Å². The molecule has 1 aromatic rings. The van der Waals surface area contributed by atoms with Crippen molar-refractivity contribution in [3.8, 4) is 0 Å². The van der Waals surface area contributed by atoms with Crippen LogP contribution < -0.4 is 4.90 Å². The summed E-state index contributed by atoms with van der Waals surface area (Å²) >= 11 is 0. The van der Waals surface area contributed by atoms with Crippen LogP contribution in [-0.4, -0.2) is 24.7 Å². The van der Waals surface area contributed by atoms with Crippen molar-refractivity contribution < 1.29 is 9.90 Å². The van der Waals surface area contributed by atoms with Gasteiger partial charge in [0.25, 0.3) is 0 Å². The van der Waals surface area contributed by atoms with E-state index in [0.29, 0.717) is 6.54 Å². The van der Waals surface area contributed by atoms with Crippen LogP contribution in [0.2, 0.25) is 0 Å². The maximum Gasteiger partial charge on any atom is 0.328 e.